The van der Waals surface area contributed by atoms with Crippen LogP contribution in [0, 0.1) is 0 Å². The fraction of sp³-hybridized carbons (Fsp3) is 0. The average Bonchev–Trinajstić information content (AvgIpc) is 2.49. The Kier molecular flexibility index (Phi) is 9.93. The molecule has 0 fully saturated rings. The molecule has 0 aliphatic carbocycles. The largest absolute Gasteiger partial charge is 2.00 e. The maximum Gasteiger partial charge on any atom is 2.00 e. The minimum absolute atomic E-state index is 0. The minimum atomic E-state index is 0. The van der Waals surface area contributed by atoms with E-state index in [4.69, 9.17) is 10.8 Å². The molecule has 2 heterocycles. The number of rotatable bonds is 0. The molecule has 0 saturated heterocycles. The van der Waals surface area contributed by atoms with Gasteiger partial charge in [0.05, 0.1) is 11.0 Å². The molecule has 107 valence electrons. The van der Waals surface area contributed by atoms with E-state index in [1.54, 1.807) is 12.4 Å². The first kappa shape index (κ1) is 19.2. The fourth-order valence-corrected chi connectivity index (χ4v) is 1.68. The second-order valence-corrected chi connectivity index (χ2v) is 3.76. The number of aromatic nitrogens is 2. The SMILES string of the molecule is [Cu+2].[N-]=C=S.[N-]=C=S.c1cnc2c(c1)ccc1cccnc12. The van der Waals surface area contributed by atoms with Crippen LogP contribution in [0.4, 0.5) is 0 Å². The molecule has 0 saturated carbocycles. The topological polar surface area (TPSA) is 70.4 Å². The zero-order valence-electron chi connectivity index (χ0n) is 10.5. The summed E-state index contributed by atoms with van der Waals surface area (Å²) in [5.41, 5.74) is 1.95. The van der Waals surface area contributed by atoms with E-state index in [2.05, 4.69) is 58.7 Å². The molecule has 2 aromatic heterocycles. The molecule has 4 nitrogen and oxygen atoms in total. The molecule has 0 aliphatic heterocycles. The number of fused-ring (bicyclic) bond motifs is 3. The zero-order chi connectivity index (χ0) is 14.8. The Hall–Kier alpha value is -1.84. The quantitative estimate of drug-likeness (QED) is 0.262. The zero-order valence-corrected chi connectivity index (χ0v) is 13.1. The Balaban J connectivity index is 0.000000502. The summed E-state index contributed by atoms with van der Waals surface area (Å²) in [7, 11) is 0. The van der Waals surface area contributed by atoms with Crippen molar-refractivity contribution in [2.45, 2.75) is 0 Å². The molecule has 0 aliphatic rings. The van der Waals surface area contributed by atoms with Gasteiger partial charge in [0, 0.05) is 23.2 Å². The Morgan fingerprint density at radius 1 is 0.762 bits per heavy atom. The van der Waals surface area contributed by atoms with E-state index in [1.165, 1.54) is 10.3 Å². The van der Waals surface area contributed by atoms with Gasteiger partial charge in [0.1, 0.15) is 0 Å². The first-order valence-electron chi connectivity index (χ1n) is 5.39. The standard InChI is InChI=1S/C12H8N2.2CNS.Cu/c1-3-9-5-6-10-4-2-8-14-12(10)11(9)13-7-1;2*2-1-3;/h1-8H;;;/q;2*-1;+2. The minimum Gasteiger partial charge on any atom is -0.753 e. The predicted molar refractivity (Wildman–Crippen MR) is 89.0 cm³/mol. The van der Waals surface area contributed by atoms with Crippen LogP contribution >= 0.6 is 24.4 Å². The van der Waals surface area contributed by atoms with E-state index in [1.807, 2.05) is 12.1 Å². The molecule has 0 atom stereocenters. The summed E-state index contributed by atoms with van der Waals surface area (Å²) >= 11 is 7.40. The van der Waals surface area contributed by atoms with Crippen molar-refractivity contribution in [1.82, 2.24) is 9.97 Å². The molecule has 0 amide bonds. The summed E-state index contributed by atoms with van der Waals surface area (Å²) in [4.78, 5) is 8.69. The van der Waals surface area contributed by atoms with Gasteiger partial charge in [-0.1, -0.05) is 48.7 Å². The average molecular weight is 360 g/mol. The van der Waals surface area contributed by atoms with Crippen LogP contribution in [0.3, 0.4) is 0 Å². The Labute approximate surface area is 143 Å². The molecular formula is C14H8CuN4S2. The van der Waals surface area contributed by atoms with E-state index in [-0.39, 0.29) is 17.1 Å². The van der Waals surface area contributed by atoms with Crippen LogP contribution in [0.5, 0.6) is 0 Å². The van der Waals surface area contributed by atoms with Crippen molar-refractivity contribution in [3.63, 3.8) is 0 Å². The maximum absolute atomic E-state index is 7.13. The van der Waals surface area contributed by atoms with Gasteiger partial charge in [-0.15, -0.1) is 0 Å². The molecule has 0 bridgehead atoms. The van der Waals surface area contributed by atoms with Crippen LogP contribution in [-0.4, -0.2) is 20.3 Å². The normalized spacial score (nSPS) is 8.00. The summed E-state index contributed by atoms with van der Waals surface area (Å²) in [5, 5.41) is 19.2. The van der Waals surface area contributed by atoms with Crippen molar-refractivity contribution < 1.29 is 17.1 Å². The molecule has 3 rings (SSSR count). The van der Waals surface area contributed by atoms with Crippen LogP contribution < -0.4 is 0 Å². The number of thiocarbonyl (C=S) groups is 2. The summed E-state index contributed by atoms with van der Waals surface area (Å²) in [6.07, 6.45) is 3.60. The van der Waals surface area contributed by atoms with Crippen molar-refractivity contribution in [2.24, 2.45) is 0 Å². The smallest absolute Gasteiger partial charge is 0.753 e. The number of hydrogen-bond donors (Lipinski definition) is 0. The summed E-state index contributed by atoms with van der Waals surface area (Å²) in [6.45, 7) is 0. The Morgan fingerprint density at radius 2 is 1.10 bits per heavy atom. The van der Waals surface area contributed by atoms with Gasteiger partial charge >= 0.3 is 17.1 Å². The number of nitrogens with zero attached hydrogens (tertiary/aromatic N) is 4. The van der Waals surface area contributed by atoms with E-state index in [0.717, 1.165) is 21.8 Å². The molecule has 0 unspecified atom stereocenters. The number of isothiocyanates is 2. The van der Waals surface area contributed by atoms with Crippen molar-refractivity contribution in [1.29, 1.82) is 0 Å². The molecule has 0 N–H and O–H groups in total. The van der Waals surface area contributed by atoms with Crippen molar-refractivity contribution >= 4 is 56.6 Å². The van der Waals surface area contributed by atoms with E-state index >= 15 is 0 Å². The second kappa shape index (κ2) is 10.9. The molecular weight excluding hydrogens is 352 g/mol. The van der Waals surface area contributed by atoms with Crippen LogP contribution in [0.2, 0.25) is 0 Å². The molecule has 1 radical (unpaired) electrons. The van der Waals surface area contributed by atoms with Gasteiger partial charge < -0.3 is 10.8 Å². The van der Waals surface area contributed by atoms with Gasteiger partial charge in [-0.25, -0.2) is 0 Å². The fourth-order valence-electron chi connectivity index (χ4n) is 1.68. The van der Waals surface area contributed by atoms with Gasteiger partial charge in [-0.3, -0.25) is 9.97 Å². The van der Waals surface area contributed by atoms with Crippen molar-refractivity contribution in [3.8, 4) is 0 Å². The van der Waals surface area contributed by atoms with E-state index in [9.17, 15) is 0 Å². The molecule has 0 spiro atoms. The monoisotopic (exact) mass is 359 g/mol. The first-order chi connectivity index (χ1) is 9.78. The van der Waals surface area contributed by atoms with Crippen LogP contribution in [0.15, 0.2) is 48.8 Å². The summed E-state index contributed by atoms with van der Waals surface area (Å²) in [6, 6.07) is 12.1. The van der Waals surface area contributed by atoms with Crippen LogP contribution in [-0.2, 0) is 17.1 Å². The van der Waals surface area contributed by atoms with E-state index < -0.39 is 0 Å². The maximum atomic E-state index is 7.13. The van der Waals surface area contributed by atoms with Gasteiger partial charge in [-0.05, 0) is 12.1 Å². The van der Waals surface area contributed by atoms with E-state index in [0.29, 0.717) is 0 Å². The number of pyridine rings is 2. The van der Waals surface area contributed by atoms with Crippen LogP contribution in [0.25, 0.3) is 32.6 Å². The number of hydrogen-bond acceptors (Lipinski definition) is 4. The van der Waals surface area contributed by atoms with Crippen molar-refractivity contribution in [2.75, 3.05) is 0 Å². The molecule has 1 aromatic carbocycles. The second-order valence-electron chi connectivity index (χ2n) is 3.40. The molecule has 21 heavy (non-hydrogen) atoms. The first-order valence-corrected chi connectivity index (χ1v) is 6.21. The van der Waals surface area contributed by atoms with Gasteiger partial charge in [0.25, 0.3) is 0 Å². The third kappa shape index (κ3) is 5.58. The van der Waals surface area contributed by atoms with Gasteiger partial charge in [0.15, 0.2) is 0 Å². The summed E-state index contributed by atoms with van der Waals surface area (Å²) in [5.74, 6) is 0. The van der Waals surface area contributed by atoms with Crippen molar-refractivity contribution in [3.05, 3.63) is 59.6 Å². The molecule has 7 heteroatoms. The third-order valence-corrected chi connectivity index (χ3v) is 2.34. The van der Waals surface area contributed by atoms with Crippen LogP contribution in [0.1, 0.15) is 0 Å². The Bertz CT molecular complexity index is 713. The van der Waals surface area contributed by atoms with Gasteiger partial charge in [-0.2, -0.15) is 10.3 Å². The number of benzene rings is 1. The predicted octanol–water partition coefficient (Wildman–Crippen LogP) is 4.10. The Morgan fingerprint density at radius 3 is 1.43 bits per heavy atom. The molecule has 3 aromatic rings. The van der Waals surface area contributed by atoms with Gasteiger partial charge in [0.2, 0.25) is 0 Å². The third-order valence-electron chi connectivity index (χ3n) is 2.34. The summed E-state index contributed by atoms with van der Waals surface area (Å²) < 4.78 is 0.